The maximum absolute atomic E-state index is 12.8. The van der Waals surface area contributed by atoms with Gasteiger partial charge in [0.1, 0.15) is 5.82 Å². The Kier molecular flexibility index (Phi) is 4.50. The van der Waals surface area contributed by atoms with Crippen LogP contribution in [0, 0.1) is 5.41 Å². The summed E-state index contributed by atoms with van der Waals surface area (Å²) in [6.45, 7) is 1.75. The number of fused-ring (bicyclic) bond motifs is 1. The van der Waals surface area contributed by atoms with Gasteiger partial charge in [-0.15, -0.1) is 0 Å². The predicted molar refractivity (Wildman–Crippen MR) is 97.3 cm³/mol. The van der Waals surface area contributed by atoms with E-state index in [1.54, 1.807) is 0 Å². The standard InChI is InChI=1S/C20H27N3O2/c1-25-17-8-4-11-20(17)12-5-13-23(14-20)19(24)10-9-18-21-15-6-2-3-7-16(15)22-18/h2-3,6-7,17H,4-5,8-14H2,1H3,(H,21,22)/t17-,20-/m1/s1. The number of para-hydroxylation sites is 2. The van der Waals surface area contributed by atoms with E-state index in [4.69, 9.17) is 4.74 Å². The fraction of sp³-hybridized carbons (Fsp3) is 0.600. The Morgan fingerprint density at radius 3 is 3.04 bits per heavy atom. The summed E-state index contributed by atoms with van der Waals surface area (Å²) in [5.74, 6) is 1.15. The average Bonchev–Trinajstić information content (AvgIpc) is 3.23. The Labute approximate surface area is 148 Å². The van der Waals surface area contributed by atoms with E-state index in [1.807, 2.05) is 31.4 Å². The molecular formula is C20H27N3O2. The summed E-state index contributed by atoms with van der Waals surface area (Å²) in [6, 6.07) is 8.00. The minimum absolute atomic E-state index is 0.196. The Morgan fingerprint density at radius 2 is 2.20 bits per heavy atom. The van der Waals surface area contributed by atoms with Crippen LogP contribution >= 0.6 is 0 Å². The second kappa shape index (κ2) is 6.79. The minimum Gasteiger partial charge on any atom is -0.381 e. The first-order valence-electron chi connectivity index (χ1n) is 9.44. The zero-order chi connectivity index (χ0) is 17.3. The summed E-state index contributed by atoms with van der Waals surface area (Å²) in [5.41, 5.74) is 2.20. The van der Waals surface area contributed by atoms with Gasteiger partial charge in [-0.1, -0.05) is 18.6 Å². The van der Waals surface area contributed by atoms with Crippen molar-refractivity contribution in [3.63, 3.8) is 0 Å². The van der Waals surface area contributed by atoms with Crippen LogP contribution in [0.3, 0.4) is 0 Å². The average molecular weight is 341 g/mol. The van der Waals surface area contributed by atoms with Crippen LogP contribution < -0.4 is 0 Å². The van der Waals surface area contributed by atoms with Crippen molar-refractivity contribution >= 4 is 16.9 Å². The van der Waals surface area contributed by atoms with Crippen LogP contribution in [0.5, 0.6) is 0 Å². The number of nitrogens with one attached hydrogen (secondary N) is 1. The molecule has 2 atom stereocenters. The SMILES string of the molecule is CO[C@@H]1CCC[C@]12CCCN(C(=O)CCc1nc3ccccc3[nH]1)C2. The number of aryl methyl sites for hydroxylation is 1. The van der Waals surface area contributed by atoms with Crippen molar-refractivity contribution in [1.29, 1.82) is 0 Å². The predicted octanol–water partition coefficient (Wildman–Crippen LogP) is 3.30. The third kappa shape index (κ3) is 3.17. The molecule has 1 N–H and O–H groups in total. The Balaban J connectivity index is 1.39. The molecule has 1 aromatic heterocycles. The van der Waals surface area contributed by atoms with Gasteiger partial charge in [0.15, 0.2) is 0 Å². The number of hydrogen-bond donors (Lipinski definition) is 1. The molecule has 134 valence electrons. The van der Waals surface area contributed by atoms with E-state index in [-0.39, 0.29) is 11.3 Å². The molecule has 5 nitrogen and oxygen atoms in total. The number of H-pyrrole nitrogens is 1. The normalized spacial score (nSPS) is 26.6. The summed E-state index contributed by atoms with van der Waals surface area (Å²) in [7, 11) is 1.82. The zero-order valence-electron chi connectivity index (χ0n) is 15.0. The molecule has 2 heterocycles. The largest absolute Gasteiger partial charge is 0.381 e. The fourth-order valence-corrected chi connectivity index (χ4v) is 4.82. The van der Waals surface area contributed by atoms with Gasteiger partial charge in [0, 0.05) is 38.5 Å². The van der Waals surface area contributed by atoms with Crippen molar-refractivity contribution in [2.45, 2.75) is 51.0 Å². The highest BCUT2D eigenvalue weighted by Crippen LogP contribution is 2.46. The molecule has 0 unspecified atom stereocenters. The van der Waals surface area contributed by atoms with E-state index in [2.05, 4.69) is 14.9 Å². The van der Waals surface area contributed by atoms with E-state index < -0.39 is 0 Å². The third-order valence-corrected chi connectivity index (χ3v) is 6.08. The van der Waals surface area contributed by atoms with Gasteiger partial charge in [0.25, 0.3) is 0 Å². The number of nitrogens with zero attached hydrogens (tertiary/aromatic N) is 2. The molecule has 2 fully saturated rings. The molecule has 1 aliphatic heterocycles. The third-order valence-electron chi connectivity index (χ3n) is 6.08. The van der Waals surface area contributed by atoms with Crippen LogP contribution in [0.25, 0.3) is 11.0 Å². The fourth-order valence-electron chi connectivity index (χ4n) is 4.82. The first-order valence-corrected chi connectivity index (χ1v) is 9.44. The zero-order valence-corrected chi connectivity index (χ0v) is 15.0. The molecule has 1 aromatic carbocycles. The summed E-state index contributed by atoms with van der Waals surface area (Å²) < 4.78 is 5.74. The van der Waals surface area contributed by atoms with Crippen LogP contribution in [0.2, 0.25) is 0 Å². The number of aromatic nitrogens is 2. The van der Waals surface area contributed by atoms with Crippen LogP contribution in [-0.2, 0) is 16.0 Å². The number of aromatic amines is 1. The van der Waals surface area contributed by atoms with Crippen LogP contribution in [0.15, 0.2) is 24.3 Å². The van der Waals surface area contributed by atoms with Gasteiger partial charge >= 0.3 is 0 Å². The number of carbonyl (C=O) groups excluding carboxylic acids is 1. The molecule has 1 saturated carbocycles. The molecule has 25 heavy (non-hydrogen) atoms. The summed E-state index contributed by atoms with van der Waals surface area (Å²) in [6.07, 6.45) is 7.35. The summed E-state index contributed by atoms with van der Waals surface area (Å²) in [4.78, 5) is 22.7. The molecule has 0 radical (unpaired) electrons. The van der Waals surface area contributed by atoms with Crippen molar-refractivity contribution < 1.29 is 9.53 Å². The first-order chi connectivity index (χ1) is 12.2. The number of ether oxygens (including phenoxy) is 1. The Morgan fingerprint density at radius 1 is 1.36 bits per heavy atom. The van der Waals surface area contributed by atoms with Crippen molar-refractivity contribution in [1.82, 2.24) is 14.9 Å². The Bertz CT molecular complexity index is 723. The first kappa shape index (κ1) is 16.6. The highest BCUT2D eigenvalue weighted by atomic mass is 16.5. The van der Waals surface area contributed by atoms with Crippen molar-refractivity contribution in [2.75, 3.05) is 20.2 Å². The highest BCUT2D eigenvalue weighted by Gasteiger charge is 2.46. The maximum atomic E-state index is 12.8. The molecule has 1 spiro atoms. The number of hydrogen-bond acceptors (Lipinski definition) is 3. The molecule has 0 bridgehead atoms. The van der Waals surface area contributed by atoms with Crippen LogP contribution in [0.4, 0.5) is 0 Å². The van der Waals surface area contributed by atoms with Gasteiger partial charge in [0.2, 0.25) is 5.91 Å². The van der Waals surface area contributed by atoms with E-state index in [9.17, 15) is 4.79 Å². The molecular weight excluding hydrogens is 314 g/mol. The number of methoxy groups -OCH3 is 1. The van der Waals surface area contributed by atoms with Gasteiger partial charge in [0.05, 0.1) is 17.1 Å². The topological polar surface area (TPSA) is 58.2 Å². The van der Waals surface area contributed by atoms with Crippen LogP contribution in [-0.4, -0.2) is 47.1 Å². The number of piperidine rings is 1. The van der Waals surface area contributed by atoms with E-state index in [1.165, 1.54) is 19.3 Å². The van der Waals surface area contributed by atoms with E-state index in [0.29, 0.717) is 18.9 Å². The lowest BCUT2D eigenvalue weighted by atomic mass is 9.76. The second-order valence-corrected chi connectivity index (χ2v) is 7.60. The maximum Gasteiger partial charge on any atom is 0.223 e. The lowest BCUT2D eigenvalue weighted by Gasteiger charge is -2.43. The number of amides is 1. The monoisotopic (exact) mass is 341 g/mol. The lowest BCUT2D eigenvalue weighted by molar-refractivity contribution is -0.137. The lowest BCUT2D eigenvalue weighted by Crippen LogP contribution is -2.49. The van der Waals surface area contributed by atoms with Crippen LogP contribution in [0.1, 0.15) is 44.3 Å². The van der Waals surface area contributed by atoms with E-state index in [0.717, 1.165) is 42.8 Å². The van der Waals surface area contributed by atoms with Gasteiger partial charge in [-0.25, -0.2) is 4.98 Å². The molecule has 1 saturated heterocycles. The van der Waals surface area contributed by atoms with Crippen molar-refractivity contribution in [2.24, 2.45) is 5.41 Å². The number of rotatable bonds is 4. The van der Waals surface area contributed by atoms with Gasteiger partial charge in [-0.05, 0) is 37.8 Å². The minimum atomic E-state index is 0.196. The number of likely N-dealkylation sites (tertiary alicyclic amines) is 1. The molecule has 4 rings (SSSR count). The molecule has 2 aromatic rings. The van der Waals surface area contributed by atoms with Crippen molar-refractivity contribution in [3.05, 3.63) is 30.1 Å². The summed E-state index contributed by atoms with van der Waals surface area (Å²) >= 11 is 0. The quantitative estimate of drug-likeness (QED) is 0.928. The van der Waals surface area contributed by atoms with Gasteiger partial charge in [-0.2, -0.15) is 0 Å². The van der Waals surface area contributed by atoms with Crippen molar-refractivity contribution in [3.8, 4) is 0 Å². The number of benzene rings is 1. The van der Waals surface area contributed by atoms with Gasteiger partial charge < -0.3 is 14.6 Å². The summed E-state index contributed by atoms with van der Waals surface area (Å²) in [5, 5.41) is 0. The van der Waals surface area contributed by atoms with Gasteiger partial charge in [-0.3, -0.25) is 4.79 Å². The number of carbonyl (C=O) groups is 1. The highest BCUT2D eigenvalue weighted by molar-refractivity contribution is 5.77. The van der Waals surface area contributed by atoms with E-state index >= 15 is 0 Å². The molecule has 1 amide bonds. The molecule has 5 heteroatoms. The smallest absolute Gasteiger partial charge is 0.223 e. The molecule has 1 aliphatic carbocycles. The second-order valence-electron chi connectivity index (χ2n) is 7.60. The molecule has 2 aliphatic rings. The number of imidazole rings is 1. The Hall–Kier alpha value is -1.88.